The van der Waals surface area contributed by atoms with Crippen LogP contribution >= 0.6 is 0 Å². The van der Waals surface area contributed by atoms with Crippen molar-refractivity contribution in [3.8, 4) is 33.8 Å². The van der Waals surface area contributed by atoms with Gasteiger partial charge in [-0.15, -0.1) is 0 Å². The fraction of sp³-hybridized carbons (Fsp3) is 0. The Hall–Kier alpha value is -6.27. The predicted octanol–water partition coefficient (Wildman–Crippen LogP) is 6.37. The average molecular weight is 614 g/mol. The van der Waals surface area contributed by atoms with Crippen molar-refractivity contribution >= 4 is 69.8 Å². The number of pyridine rings is 2. The Bertz CT molecular complexity index is 2290. The Morgan fingerprint density at radius 2 is 0.917 bits per heavy atom. The van der Waals surface area contributed by atoms with Crippen molar-refractivity contribution in [3.05, 3.63) is 146 Å². The minimum absolute atomic E-state index is 0.312. The standard InChI is InChI=1S/C40H24B2N4O2/c1-3-9-25(10-4-1)45-33-15-7-13-27-29-23-43-19-17-37(29)47-41(39(27)33)31-21-32-36(22-35(31)45)46(26-11-5-2-6-12-26)34-16-8-14-28-30-24-44-20-18-38(30)48-42(32)40(28)34/h1-24H. The molecule has 4 aliphatic heterocycles. The molecule has 8 heteroatoms. The van der Waals surface area contributed by atoms with Crippen LogP contribution in [0.25, 0.3) is 22.3 Å². The molecule has 0 spiro atoms. The number of hydrogen-bond acceptors (Lipinski definition) is 6. The molecule has 0 radical (unpaired) electrons. The number of anilines is 6. The first-order chi connectivity index (χ1) is 23.8. The van der Waals surface area contributed by atoms with E-state index < -0.39 is 0 Å². The molecule has 6 heterocycles. The van der Waals surface area contributed by atoms with Gasteiger partial charge in [-0.1, -0.05) is 66.7 Å². The molecule has 7 aromatic rings. The zero-order valence-corrected chi connectivity index (χ0v) is 25.6. The molecule has 5 aromatic carbocycles. The molecule has 48 heavy (non-hydrogen) atoms. The van der Waals surface area contributed by atoms with Gasteiger partial charge in [-0.2, -0.15) is 0 Å². The number of fused-ring (bicyclic) bond motifs is 8. The third-order valence-electron chi connectivity index (χ3n) is 10.1. The minimum atomic E-state index is -0.312. The van der Waals surface area contributed by atoms with Crippen LogP contribution in [0, 0.1) is 0 Å². The third kappa shape index (κ3) is 3.43. The van der Waals surface area contributed by atoms with E-state index in [4.69, 9.17) is 9.31 Å². The van der Waals surface area contributed by atoms with Crippen LogP contribution < -0.4 is 41.0 Å². The van der Waals surface area contributed by atoms with E-state index in [9.17, 15) is 0 Å². The van der Waals surface area contributed by atoms with E-state index in [0.29, 0.717) is 0 Å². The third-order valence-corrected chi connectivity index (χ3v) is 10.1. The molecule has 0 fully saturated rings. The molecule has 222 valence electrons. The lowest BCUT2D eigenvalue weighted by molar-refractivity contribution is 0.588. The van der Waals surface area contributed by atoms with Gasteiger partial charge >= 0.3 is 13.8 Å². The highest BCUT2D eigenvalue weighted by atomic mass is 16.4. The quantitative estimate of drug-likeness (QED) is 0.211. The second kappa shape index (κ2) is 9.62. The largest absolute Gasteiger partial charge is 0.551 e. The molecule has 0 unspecified atom stereocenters. The molecule has 11 rings (SSSR count). The number of aromatic nitrogens is 2. The number of hydrogen-bond donors (Lipinski definition) is 0. The van der Waals surface area contributed by atoms with Gasteiger partial charge in [-0.3, -0.25) is 9.97 Å². The Morgan fingerprint density at radius 3 is 1.40 bits per heavy atom. The molecule has 0 atom stereocenters. The van der Waals surface area contributed by atoms with Crippen LogP contribution in [-0.2, 0) is 0 Å². The molecule has 0 bridgehead atoms. The van der Waals surface area contributed by atoms with Gasteiger partial charge in [0.2, 0.25) is 0 Å². The van der Waals surface area contributed by atoms with E-state index >= 15 is 0 Å². The van der Waals surface area contributed by atoms with E-state index in [-0.39, 0.29) is 13.8 Å². The summed E-state index contributed by atoms with van der Waals surface area (Å²) >= 11 is 0. The van der Waals surface area contributed by atoms with Crippen molar-refractivity contribution < 1.29 is 9.31 Å². The minimum Gasteiger partial charge on any atom is -0.551 e. The first-order valence-corrected chi connectivity index (χ1v) is 16.2. The van der Waals surface area contributed by atoms with Crippen LogP contribution in [0.3, 0.4) is 0 Å². The highest BCUT2D eigenvalue weighted by Crippen LogP contribution is 2.46. The van der Waals surface area contributed by atoms with Gasteiger partial charge in [-0.05, 0) is 76.6 Å². The van der Waals surface area contributed by atoms with Gasteiger partial charge in [0.15, 0.2) is 0 Å². The predicted molar refractivity (Wildman–Crippen MR) is 194 cm³/mol. The Labute approximate surface area is 278 Å². The molecular weight excluding hydrogens is 590 g/mol. The summed E-state index contributed by atoms with van der Waals surface area (Å²) in [6, 6.07) is 42.9. The zero-order valence-electron chi connectivity index (χ0n) is 25.6. The fourth-order valence-corrected chi connectivity index (χ4v) is 8.09. The van der Waals surface area contributed by atoms with E-state index in [1.165, 1.54) is 0 Å². The molecule has 0 aliphatic carbocycles. The van der Waals surface area contributed by atoms with Crippen LogP contribution in [-0.4, -0.2) is 23.8 Å². The van der Waals surface area contributed by atoms with Gasteiger partial charge in [0.1, 0.15) is 11.5 Å². The van der Waals surface area contributed by atoms with Crippen LogP contribution in [0.4, 0.5) is 34.1 Å². The summed E-state index contributed by atoms with van der Waals surface area (Å²) in [7, 11) is 0. The van der Waals surface area contributed by atoms with Crippen molar-refractivity contribution in [2.45, 2.75) is 0 Å². The second-order valence-electron chi connectivity index (χ2n) is 12.5. The van der Waals surface area contributed by atoms with Crippen molar-refractivity contribution in [1.29, 1.82) is 0 Å². The normalized spacial score (nSPS) is 14.0. The lowest BCUT2D eigenvalue weighted by Crippen LogP contribution is -2.60. The molecule has 0 amide bonds. The summed E-state index contributed by atoms with van der Waals surface area (Å²) in [4.78, 5) is 13.7. The monoisotopic (exact) mass is 614 g/mol. The zero-order chi connectivity index (χ0) is 31.3. The van der Waals surface area contributed by atoms with Crippen LogP contribution in [0.2, 0.25) is 0 Å². The van der Waals surface area contributed by atoms with Gasteiger partial charge in [0, 0.05) is 81.0 Å². The first-order valence-electron chi connectivity index (χ1n) is 16.2. The summed E-state index contributed by atoms with van der Waals surface area (Å²) < 4.78 is 13.9. The van der Waals surface area contributed by atoms with Gasteiger partial charge in [0.05, 0.1) is 0 Å². The molecule has 4 aliphatic rings. The van der Waals surface area contributed by atoms with Crippen molar-refractivity contribution in [2.24, 2.45) is 0 Å². The topological polar surface area (TPSA) is 50.7 Å². The van der Waals surface area contributed by atoms with E-state index in [0.717, 1.165) is 89.7 Å². The fourth-order valence-electron chi connectivity index (χ4n) is 8.09. The Balaban J connectivity index is 1.23. The van der Waals surface area contributed by atoms with E-state index in [2.05, 4.69) is 129 Å². The summed E-state index contributed by atoms with van der Waals surface area (Å²) in [6.45, 7) is -0.624. The smallest absolute Gasteiger partial charge is 0.431 e. The second-order valence-corrected chi connectivity index (χ2v) is 12.5. The number of rotatable bonds is 2. The van der Waals surface area contributed by atoms with Crippen molar-refractivity contribution in [1.82, 2.24) is 9.97 Å². The SMILES string of the molecule is c1ccc(N2c3cc4c(cc3B3Oc5ccncc5-c5cccc2c53)B2Oc3ccncc3-c3cccc(c32)N4c2ccccc2)cc1. The summed E-state index contributed by atoms with van der Waals surface area (Å²) in [5.74, 6) is 1.68. The summed E-state index contributed by atoms with van der Waals surface area (Å²) in [5.41, 5.74) is 15.3. The van der Waals surface area contributed by atoms with Gasteiger partial charge < -0.3 is 19.1 Å². The summed E-state index contributed by atoms with van der Waals surface area (Å²) in [5, 5.41) is 0. The number of nitrogens with zero attached hydrogens (tertiary/aromatic N) is 4. The lowest BCUT2D eigenvalue weighted by atomic mass is 9.45. The molecular formula is C40H24B2N4O2. The summed E-state index contributed by atoms with van der Waals surface area (Å²) in [6.07, 6.45) is 7.43. The highest BCUT2D eigenvalue weighted by molar-refractivity contribution is 6.89. The maximum absolute atomic E-state index is 6.96. The van der Waals surface area contributed by atoms with Gasteiger partial charge in [0.25, 0.3) is 0 Å². The van der Waals surface area contributed by atoms with Crippen LogP contribution in [0.5, 0.6) is 11.5 Å². The van der Waals surface area contributed by atoms with Crippen LogP contribution in [0.15, 0.2) is 146 Å². The molecule has 0 saturated heterocycles. The van der Waals surface area contributed by atoms with Crippen molar-refractivity contribution in [3.63, 3.8) is 0 Å². The number of para-hydroxylation sites is 2. The first kappa shape index (κ1) is 25.9. The number of benzene rings is 5. The highest BCUT2D eigenvalue weighted by Gasteiger charge is 2.47. The molecule has 6 nitrogen and oxygen atoms in total. The maximum atomic E-state index is 6.96. The average Bonchev–Trinajstić information content (AvgIpc) is 3.15. The molecule has 0 saturated carbocycles. The maximum Gasteiger partial charge on any atom is 0.431 e. The molecule has 0 N–H and O–H groups in total. The van der Waals surface area contributed by atoms with E-state index in [1.807, 2.05) is 24.5 Å². The van der Waals surface area contributed by atoms with Crippen molar-refractivity contribution in [2.75, 3.05) is 9.80 Å². The van der Waals surface area contributed by atoms with E-state index in [1.54, 1.807) is 12.4 Å². The molecule has 2 aromatic heterocycles. The van der Waals surface area contributed by atoms with Gasteiger partial charge in [-0.25, -0.2) is 0 Å². The Kier molecular flexibility index (Phi) is 5.19. The Morgan fingerprint density at radius 1 is 0.438 bits per heavy atom. The lowest BCUT2D eigenvalue weighted by Gasteiger charge is -2.43. The van der Waals surface area contributed by atoms with Crippen LogP contribution in [0.1, 0.15) is 0 Å².